The maximum atomic E-state index is 7.77. The Labute approximate surface area is 88.8 Å². The van der Waals surface area contributed by atoms with Crippen molar-refractivity contribution >= 4 is 11.5 Å². The molecule has 0 aliphatic carbocycles. The van der Waals surface area contributed by atoms with Gasteiger partial charge >= 0.3 is 0 Å². The molecule has 3 nitrogen and oxygen atoms in total. The third kappa shape index (κ3) is 1.86. The molecule has 0 atom stereocenters. The average Bonchev–Trinajstić information content (AvgIpc) is 2.28. The van der Waals surface area contributed by atoms with Crippen LogP contribution in [0.4, 0.5) is 0 Å². The van der Waals surface area contributed by atoms with Gasteiger partial charge in [0, 0.05) is 11.1 Å². The van der Waals surface area contributed by atoms with Crippen molar-refractivity contribution in [1.82, 2.24) is 0 Å². The molecule has 1 heterocycles. The van der Waals surface area contributed by atoms with E-state index in [0.717, 1.165) is 16.9 Å². The summed E-state index contributed by atoms with van der Waals surface area (Å²) in [6, 6.07) is 7.70. The summed E-state index contributed by atoms with van der Waals surface area (Å²) in [6.07, 6.45) is 1.88. The van der Waals surface area contributed by atoms with Crippen LogP contribution < -0.4 is 4.74 Å². The van der Waals surface area contributed by atoms with E-state index in [0.29, 0.717) is 13.2 Å². The molecule has 0 spiro atoms. The van der Waals surface area contributed by atoms with E-state index in [1.54, 1.807) is 0 Å². The lowest BCUT2D eigenvalue weighted by Crippen LogP contribution is -2.12. The molecule has 1 aromatic rings. The number of para-hydroxylation sites is 1. The molecule has 0 saturated heterocycles. The lowest BCUT2D eigenvalue weighted by Gasteiger charge is -2.18. The molecule has 0 radical (unpaired) electrons. The molecule has 2 rings (SSSR count). The standard InChI is InChI=1S/C12H13NO2/c1-2-14-12(13)10-7-8-15-11-6-4-3-5-9(10)11/h3-7,13H,2,8H2,1H3. The maximum absolute atomic E-state index is 7.77. The highest BCUT2D eigenvalue weighted by Crippen LogP contribution is 2.30. The second kappa shape index (κ2) is 4.17. The smallest absolute Gasteiger partial charge is 0.213 e. The number of nitrogens with one attached hydrogen (secondary N) is 1. The summed E-state index contributed by atoms with van der Waals surface area (Å²) < 4.78 is 10.7. The first-order chi connectivity index (χ1) is 7.33. The van der Waals surface area contributed by atoms with Gasteiger partial charge in [0.25, 0.3) is 0 Å². The number of hydrogen-bond acceptors (Lipinski definition) is 3. The number of fused-ring (bicyclic) bond motifs is 1. The van der Waals surface area contributed by atoms with Crippen LogP contribution in [0.1, 0.15) is 12.5 Å². The Bertz CT molecular complexity index is 410. The molecule has 15 heavy (non-hydrogen) atoms. The highest BCUT2D eigenvalue weighted by Gasteiger charge is 2.17. The second-order valence-electron chi connectivity index (χ2n) is 3.19. The minimum absolute atomic E-state index is 0.216. The molecule has 0 amide bonds. The van der Waals surface area contributed by atoms with Crippen LogP contribution in [0.3, 0.4) is 0 Å². The number of rotatable bonds is 2. The van der Waals surface area contributed by atoms with Crippen molar-refractivity contribution in [3.63, 3.8) is 0 Å². The summed E-state index contributed by atoms with van der Waals surface area (Å²) in [5.74, 6) is 1.03. The first-order valence-corrected chi connectivity index (χ1v) is 4.97. The molecule has 78 valence electrons. The van der Waals surface area contributed by atoms with Gasteiger partial charge in [-0.25, -0.2) is 0 Å². The van der Waals surface area contributed by atoms with Gasteiger partial charge in [-0.2, -0.15) is 0 Å². The summed E-state index contributed by atoms with van der Waals surface area (Å²) in [5.41, 5.74) is 1.75. The molecule has 1 N–H and O–H groups in total. The van der Waals surface area contributed by atoms with Crippen molar-refractivity contribution in [2.24, 2.45) is 0 Å². The van der Waals surface area contributed by atoms with E-state index in [9.17, 15) is 0 Å². The van der Waals surface area contributed by atoms with Crippen LogP contribution in [0.5, 0.6) is 5.75 Å². The number of ether oxygens (including phenoxy) is 2. The van der Waals surface area contributed by atoms with E-state index in [1.165, 1.54) is 0 Å². The minimum atomic E-state index is 0.216. The van der Waals surface area contributed by atoms with Gasteiger partial charge in [0.1, 0.15) is 12.4 Å². The molecule has 0 fully saturated rings. The maximum Gasteiger partial charge on any atom is 0.213 e. The minimum Gasteiger partial charge on any atom is -0.489 e. The fraction of sp³-hybridized carbons (Fsp3) is 0.250. The van der Waals surface area contributed by atoms with Gasteiger partial charge in [-0.15, -0.1) is 0 Å². The fourth-order valence-electron chi connectivity index (χ4n) is 1.58. The Morgan fingerprint density at radius 1 is 1.47 bits per heavy atom. The quantitative estimate of drug-likeness (QED) is 0.592. The molecule has 1 aromatic carbocycles. The molecule has 0 bridgehead atoms. The topological polar surface area (TPSA) is 42.3 Å². The zero-order valence-electron chi connectivity index (χ0n) is 8.62. The first kappa shape index (κ1) is 9.77. The van der Waals surface area contributed by atoms with Crippen molar-refractivity contribution in [1.29, 1.82) is 5.41 Å². The fourth-order valence-corrected chi connectivity index (χ4v) is 1.58. The monoisotopic (exact) mass is 203 g/mol. The van der Waals surface area contributed by atoms with Gasteiger partial charge in [-0.1, -0.05) is 18.2 Å². The Balaban J connectivity index is 2.34. The average molecular weight is 203 g/mol. The lowest BCUT2D eigenvalue weighted by atomic mass is 10.0. The van der Waals surface area contributed by atoms with Crippen molar-refractivity contribution in [3.05, 3.63) is 35.9 Å². The molecule has 0 unspecified atom stereocenters. The zero-order valence-corrected chi connectivity index (χ0v) is 8.62. The van der Waals surface area contributed by atoms with Crippen LogP contribution >= 0.6 is 0 Å². The Hall–Kier alpha value is -1.77. The molecule has 0 saturated carbocycles. The van der Waals surface area contributed by atoms with Gasteiger partial charge in [0.15, 0.2) is 0 Å². The summed E-state index contributed by atoms with van der Waals surface area (Å²) >= 11 is 0. The number of hydrogen-bond donors (Lipinski definition) is 1. The summed E-state index contributed by atoms with van der Waals surface area (Å²) in [5, 5.41) is 7.77. The second-order valence-corrected chi connectivity index (χ2v) is 3.19. The van der Waals surface area contributed by atoms with Gasteiger partial charge < -0.3 is 9.47 Å². The van der Waals surface area contributed by atoms with Crippen molar-refractivity contribution in [2.45, 2.75) is 6.92 Å². The molecule has 3 heteroatoms. The first-order valence-electron chi connectivity index (χ1n) is 4.97. The number of benzene rings is 1. The lowest BCUT2D eigenvalue weighted by molar-refractivity contribution is 0.326. The van der Waals surface area contributed by atoms with E-state index in [-0.39, 0.29) is 5.90 Å². The van der Waals surface area contributed by atoms with Crippen LogP contribution in [0.15, 0.2) is 30.3 Å². The van der Waals surface area contributed by atoms with Crippen molar-refractivity contribution < 1.29 is 9.47 Å². The SMILES string of the molecule is CCOC(=N)C1=CCOc2ccccc21. The Morgan fingerprint density at radius 2 is 2.27 bits per heavy atom. The third-order valence-corrected chi connectivity index (χ3v) is 2.24. The van der Waals surface area contributed by atoms with Crippen LogP contribution in [0.2, 0.25) is 0 Å². The van der Waals surface area contributed by atoms with E-state index in [4.69, 9.17) is 14.9 Å². The van der Waals surface area contributed by atoms with E-state index >= 15 is 0 Å². The van der Waals surface area contributed by atoms with Crippen molar-refractivity contribution in [2.75, 3.05) is 13.2 Å². The van der Waals surface area contributed by atoms with Gasteiger partial charge in [-0.3, -0.25) is 5.41 Å². The van der Waals surface area contributed by atoms with E-state index < -0.39 is 0 Å². The Kier molecular flexibility index (Phi) is 2.72. The third-order valence-electron chi connectivity index (χ3n) is 2.24. The molecule has 1 aliphatic rings. The highest BCUT2D eigenvalue weighted by atomic mass is 16.5. The van der Waals surface area contributed by atoms with E-state index in [2.05, 4.69) is 0 Å². The summed E-state index contributed by atoms with van der Waals surface area (Å²) in [6.45, 7) is 2.89. The summed E-state index contributed by atoms with van der Waals surface area (Å²) in [7, 11) is 0. The largest absolute Gasteiger partial charge is 0.489 e. The summed E-state index contributed by atoms with van der Waals surface area (Å²) in [4.78, 5) is 0. The predicted octanol–water partition coefficient (Wildman–Crippen LogP) is 2.48. The molecule has 0 aromatic heterocycles. The Morgan fingerprint density at radius 3 is 3.07 bits per heavy atom. The van der Waals surface area contributed by atoms with E-state index in [1.807, 2.05) is 37.3 Å². The predicted molar refractivity (Wildman–Crippen MR) is 59.3 cm³/mol. The van der Waals surface area contributed by atoms with Crippen LogP contribution in [0.25, 0.3) is 5.57 Å². The highest BCUT2D eigenvalue weighted by molar-refractivity contribution is 6.19. The zero-order chi connectivity index (χ0) is 10.7. The van der Waals surface area contributed by atoms with Crippen LogP contribution in [-0.2, 0) is 4.74 Å². The normalized spacial score (nSPS) is 13.5. The molecule has 1 aliphatic heterocycles. The van der Waals surface area contributed by atoms with Gasteiger partial charge in [-0.05, 0) is 19.1 Å². The van der Waals surface area contributed by atoms with Crippen LogP contribution in [0, 0.1) is 5.41 Å². The van der Waals surface area contributed by atoms with Crippen LogP contribution in [-0.4, -0.2) is 19.1 Å². The molecular weight excluding hydrogens is 190 g/mol. The van der Waals surface area contributed by atoms with Gasteiger partial charge in [0.05, 0.1) is 6.61 Å². The van der Waals surface area contributed by atoms with Gasteiger partial charge in [0.2, 0.25) is 5.90 Å². The molecular formula is C12H13NO2. The van der Waals surface area contributed by atoms with Crippen molar-refractivity contribution in [3.8, 4) is 5.75 Å².